The second-order valence-electron chi connectivity index (χ2n) is 3.58. The largest absolute Gasteiger partial charge is 0.465 e. The van der Waals surface area contributed by atoms with Gasteiger partial charge in [-0.1, -0.05) is 0 Å². The zero-order chi connectivity index (χ0) is 12.7. The van der Waals surface area contributed by atoms with Crippen LogP contribution in [0.3, 0.4) is 0 Å². The average Bonchev–Trinajstić information content (AvgIpc) is 2.29. The monoisotopic (exact) mass is 237 g/mol. The van der Waals surface area contributed by atoms with Crippen LogP contribution < -0.4 is 0 Å². The van der Waals surface area contributed by atoms with Gasteiger partial charge in [-0.2, -0.15) is 0 Å². The maximum absolute atomic E-state index is 10.8. The van der Waals surface area contributed by atoms with Crippen molar-refractivity contribution in [1.82, 2.24) is 4.98 Å². The lowest BCUT2D eigenvalue weighted by atomic mass is 10.0. The van der Waals surface area contributed by atoms with Crippen LogP contribution in [0, 0.1) is 0 Å². The first kappa shape index (κ1) is 13.2. The summed E-state index contributed by atoms with van der Waals surface area (Å²) in [7, 11) is 0. The minimum atomic E-state index is -0.355. The summed E-state index contributed by atoms with van der Waals surface area (Å²) in [4.78, 5) is 25.5. The SMILES string of the molecule is CC(=O)OCC(COC(C)=O)c1ccncc1. The van der Waals surface area contributed by atoms with Crippen molar-refractivity contribution < 1.29 is 19.1 Å². The van der Waals surface area contributed by atoms with Crippen molar-refractivity contribution in [3.05, 3.63) is 30.1 Å². The Morgan fingerprint density at radius 2 is 1.59 bits per heavy atom. The minimum Gasteiger partial charge on any atom is -0.465 e. The molecule has 0 aliphatic rings. The number of carbonyl (C=O) groups is 2. The van der Waals surface area contributed by atoms with Crippen LogP contribution in [0.15, 0.2) is 24.5 Å². The lowest BCUT2D eigenvalue weighted by Gasteiger charge is -2.16. The minimum absolute atomic E-state index is 0.161. The molecule has 0 saturated heterocycles. The Morgan fingerprint density at radius 3 is 2.00 bits per heavy atom. The summed E-state index contributed by atoms with van der Waals surface area (Å²) >= 11 is 0. The van der Waals surface area contributed by atoms with Gasteiger partial charge in [-0.15, -0.1) is 0 Å². The van der Waals surface area contributed by atoms with E-state index in [1.54, 1.807) is 24.5 Å². The normalized spacial score (nSPS) is 10.1. The molecule has 0 aliphatic carbocycles. The van der Waals surface area contributed by atoms with Crippen LogP contribution in [-0.2, 0) is 19.1 Å². The molecule has 5 nitrogen and oxygen atoms in total. The van der Waals surface area contributed by atoms with Crippen LogP contribution >= 0.6 is 0 Å². The van der Waals surface area contributed by atoms with E-state index in [1.165, 1.54) is 13.8 Å². The summed E-state index contributed by atoms with van der Waals surface area (Å²) in [5, 5.41) is 0. The first-order chi connectivity index (χ1) is 8.09. The Hall–Kier alpha value is -1.91. The number of nitrogens with zero attached hydrogens (tertiary/aromatic N) is 1. The molecule has 0 N–H and O–H groups in total. The van der Waals surface area contributed by atoms with Crippen molar-refractivity contribution in [2.24, 2.45) is 0 Å². The van der Waals surface area contributed by atoms with Crippen molar-refractivity contribution in [1.29, 1.82) is 0 Å². The fraction of sp³-hybridized carbons (Fsp3) is 0.417. The smallest absolute Gasteiger partial charge is 0.302 e. The molecule has 0 atom stereocenters. The van der Waals surface area contributed by atoms with E-state index in [2.05, 4.69) is 4.98 Å². The third-order valence-electron chi connectivity index (χ3n) is 2.15. The zero-order valence-electron chi connectivity index (χ0n) is 9.88. The first-order valence-corrected chi connectivity index (χ1v) is 5.26. The van der Waals surface area contributed by atoms with Crippen LogP contribution in [0.4, 0.5) is 0 Å². The second-order valence-corrected chi connectivity index (χ2v) is 3.58. The number of pyridine rings is 1. The molecule has 0 aliphatic heterocycles. The summed E-state index contributed by atoms with van der Waals surface area (Å²) in [6, 6.07) is 3.61. The second kappa shape index (κ2) is 6.62. The molecule has 0 spiro atoms. The number of carbonyl (C=O) groups excluding carboxylic acids is 2. The van der Waals surface area contributed by atoms with Gasteiger partial charge in [0.25, 0.3) is 0 Å². The zero-order valence-corrected chi connectivity index (χ0v) is 9.88. The van der Waals surface area contributed by atoms with E-state index in [0.717, 1.165) is 5.56 Å². The van der Waals surface area contributed by atoms with Crippen molar-refractivity contribution in [2.75, 3.05) is 13.2 Å². The summed E-state index contributed by atoms with van der Waals surface area (Å²) < 4.78 is 9.88. The standard InChI is InChI=1S/C12H15NO4/c1-9(14)16-7-12(8-17-10(2)15)11-3-5-13-6-4-11/h3-6,12H,7-8H2,1-2H3. The molecular weight excluding hydrogens is 222 g/mol. The van der Waals surface area contributed by atoms with Gasteiger partial charge in [-0.05, 0) is 17.7 Å². The van der Waals surface area contributed by atoms with Crippen LogP contribution in [0.25, 0.3) is 0 Å². The molecule has 17 heavy (non-hydrogen) atoms. The van der Waals surface area contributed by atoms with Crippen LogP contribution in [-0.4, -0.2) is 30.1 Å². The van der Waals surface area contributed by atoms with Gasteiger partial charge in [-0.3, -0.25) is 14.6 Å². The summed E-state index contributed by atoms with van der Waals surface area (Å²) in [6.45, 7) is 3.06. The van der Waals surface area contributed by atoms with Gasteiger partial charge in [0.05, 0.1) is 5.92 Å². The molecule has 0 radical (unpaired) electrons. The average molecular weight is 237 g/mol. The predicted octanol–water partition coefficient (Wildman–Crippen LogP) is 1.29. The van der Waals surface area contributed by atoms with E-state index in [1.807, 2.05) is 0 Å². The molecule has 0 aromatic carbocycles. The van der Waals surface area contributed by atoms with Gasteiger partial charge in [0, 0.05) is 26.2 Å². The Balaban J connectivity index is 2.64. The molecule has 1 heterocycles. The number of aromatic nitrogens is 1. The Kier molecular flexibility index (Phi) is 5.13. The molecule has 1 aromatic heterocycles. The van der Waals surface area contributed by atoms with E-state index < -0.39 is 0 Å². The topological polar surface area (TPSA) is 65.5 Å². The molecule has 1 rings (SSSR count). The Labute approximate surface area is 99.8 Å². The van der Waals surface area contributed by atoms with Gasteiger partial charge in [-0.25, -0.2) is 0 Å². The molecule has 0 amide bonds. The summed E-state index contributed by atoms with van der Waals surface area (Å²) in [5.41, 5.74) is 0.919. The lowest BCUT2D eigenvalue weighted by Crippen LogP contribution is -2.17. The molecule has 0 bridgehead atoms. The van der Waals surface area contributed by atoms with Crippen LogP contribution in [0.5, 0.6) is 0 Å². The summed E-state index contributed by atoms with van der Waals surface area (Å²) in [5.74, 6) is -0.871. The number of hydrogen-bond acceptors (Lipinski definition) is 5. The molecule has 1 aromatic rings. The van der Waals surface area contributed by atoms with Crippen LogP contribution in [0.2, 0.25) is 0 Å². The van der Waals surface area contributed by atoms with Crippen molar-refractivity contribution >= 4 is 11.9 Å². The number of rotatable bonds is 5. The fourth-order valence-electron chi connectivity index (χ4n) is 1.31. The number of ether oxygens (including phenoxy) is 2. The fourth-order valence-corrected chi connectivity index (χ4v) is 1.31. The summed E-state index contributed by atoms with van der Waals surface area (Å²) in [6.07, 6.45) is 3.29. The highest BCUT2D eigenvalue weighted by molar-refractivity contribution is 5.66. The first-order valence-electron chi connectivity index (χ1n) is 5.26. The van der Waals surface area contributed by atoms with Crippen molar-refractivity contribution in [3.8, 4) is 0 Å². The van der Waals surface area contributed by atoms with E-state index in [-0.39, 0.29) is 31.1 Å². The molecule has 0 fully saturated rings. The predicted molar refractivity (Wildman–Crippen MR) is 60.2 cm³/mol. The van der Waals surface area contributed by atoms with Crippen molar-refractivity contribution in [2.45, 2.75) is 19.8 Å². The molecule has 0 unspecified atom stereocenters. The van der Waals surface area contributed by atoms with Gasteiger partial charge >= 0.3 is 11.9 Å². The van der Waals surface area contributed by atoms with E-state index in [4.69, 9.17) is 9.47 Å². The van der Waals surface area contributed by atoms with Crippen molar-refractivity contribution in [3.63, 3.8) is 0 Å². The van der Waals surface area contributed by atoms with Gasteiger partial charge in [0.2, 0.25) is 0 Å². The molecular formula is C12H15NO4. The highest BCUT2D eigenvalue weighted by atomic mass is 16.5. The van der Waals surface area contributed by atoms with Crippen LogP contribution in [0.1, 0.15) is 25.3 Å². The molecule has 5 heteroatoms. The lowest BCUT2D eigenvalue weighted by molar-refractivity contribution is -0.144. The maximum atomic E-state index is 10.8. The molecule has 92 valence electrons. The highest BCUT2D eigenvalue weighted by Gasteiger charge is 2.14. The third kappa shape index (κ3) is 5.10. The number of esters is 2. The van der Waals surface area contributed by atoms with E-state index in [9.17, 15) is 9.59 Å². The van der Waals surface area contributed by atoms with Gasteiger partial charge in [0.1, 0.15) is 13.2 Å². The highest BCUT2D eigenvalue weighted by Crippen LogP contribution is 2.16. The van der Waals surface area contributed by atoms with E-state index in [0.29, 0.717) is 0 Å². The Bertz CT molecular complexity index is 359. The third-order valence-corrected chi connectivity index (χ3v) is 2.15. The van der Waals surface area contributed by atoms with Gasteiger partial charge in [0.15, 0.2) is 0 Å². The quantitative estimate of drug-likeness (QED) is 0.722. The van der Waals surface area contributed by atoms with E-state index >= 15 is 0 Å². The number of hydrogen-bond donors (Lipinski definition) is 0. The van der Waals surface area contributed by atoms with Gasteiger partial charge < -0.3 is 9.47 Å². The molecule has 0 saturated carbocycles. The Morgan fingerprint density at radius 1 is 1.12 bits per heavy atom. The maximum Gasteiger partial charge on any atom is 0.302 e.